The Kier molecular flexibility index (Phi) is 7.07. The van der Waals surface area contributed by atoms with Crippen LogP contribution in [0.2, 0.25) is 0 Å². The zero-order valence-electron chi connectivity index (χ0n) is 18.2. The summed E-state index contributed by atoms with van der Waals surface area (Å²) in [5.41, 5.74) is 3.13. The summed E-state index contributed by atoms with van der Waals surface area (Å²) in [6.45, 7) is 4.20. The van der Waals surface area contributed by atoms with E-state index in [2.05, 4.69) is 4.99 Å². The lowest BCUT2D eigenvalue weighted by molar-refractivity contribution is -0.495. The van der Waals surface area contributed by atoms with Gasteiger partial charge in [0.05, 0.1) is 27.7 Å². The smallest absolute Gasteiger partial charge is 0.338 e. The molecule has 0 radical (unpaired) electrons. The number of aliphatic hydroxyl groups is 1. The van der Waals surface area contributed by atoms with E-state index in [-0.39, 0.29) is 12.5 Å². The average molecular weight is 459 g/mol. The van der Waals surface area contributed by atoms with Gasteiger partial charge in [-0.2, -0.15) is 0 Å². The maximum Gasteiger partial charge on any atom is 0.338 e. The molecule has 1 amide bonds. The SMILES string of the molecule is CCN(CC(O)CS(=O)(=O)[O-])c1ccc(N=C2C(=O)N(c3ccccc3)[N+](C)=C2C)cc1. The quantitative estimate of drug-likeness (QED) is 0.474. The normalized spacial score (nSPS) is 16.7. The third-order valence-corrected chi connectivity index (χ3v) is 5.98. The van der Waals surface area contributed by atoms with Crippen LogP contribution in [0.4, 0.5) is 17.1 Å². The number of hydrogen-bond acceptors (Lipinski definition) is 7. The first-order valence-corrected chi connectivity index (χ1v) is 11.7. The van der Waals surface area contributed by atoms with Crippen molar-refractivity contribution in [2.45, 2.75) is 20.0 Å². The number of hydrazone groups is 1. The van der Waals surface area contributed by atoms with E-state index in [1.54, 1.807) is 45.9 Å². The highest BCUT2D eigenvalue weighted by atomic mass is 32.2. The van der Waals surface area contributed by atoms with Crippen molar-refractivity contribution in [3.05, 3.63) is 54.6 Å². The van der Waals surface area contributed by atoms with Crippen molar-refractivity contribution in [2.75, 3.05) is 35.8 Å². The average Bonchev–Trinajstić information content (AvgIpc) is 2.95. The Morgan fingerprint density at radius 3 is 2.34 bits per heavy atom. The summed E-state index contributed by atoms with van der Waals surface area (Å²) in [5.74, 6) is -1.06. The topological polar surface area (TPSA) is 116 Å². The van der Waals surface area contributed by atoms with Crippen molar-refractivity contribution in [1.29, 1.82) is 0 Å². The van der Waals surface area contributed by atoms with Crippen molar-refractivity contribution < 1.29 is 27.6 Å². The van der Waals surface area contributed by atoms with Gasteiger partial charge in [0.2, 0.25) is 11.4 Å². The summed E-state index contributed by atoms with van der Waals surface area (Å²) in [5, 5.41) is 11.5. The predicted molar refractivity (Wildman–Crippen MR) is 123 cm³/mol. The number of aliphatic imine (C=N–C) groups is 1. The van der Waals surface area contributed by atoms with Gasteiger partial charge in [-0.1, -0.05) is 23.2 Å². The minimum atomic E-state index is -4.51. The predicted octanol–water partition coefficient (Wildman–Crippen LogP) is 1.56. The number of carbonyl (C=O) groups is 1. The lowest BCUT2D eigenvalue weighted by Crippen LogP contribution is -2.36. The molecule has 0 aliphatic carbocycles. The maximum atomic E-state index is 13.0. The molecule has 10 heteroatoms. The molecule has 1 atom stereocenters. The summed E-state index contributed by atoms with van der Waals surface area (Å²) in [6.07, 6.45) is -1.29. The number of hydrazine groups is 1. The number of hydrogen-bond donors (Lipinski definition) is 1. The number of para-hydroxylation sites is 1. The number of aliphatic hydroxyl groups excluding tert-OH is 1. The largest absolute Gasteiger partial charge is 0.748 e. The fourth-order valence-electron chi connectivity index (χ4n) is 3.51. The molecule has 1 N–H and O–H groups in total. The number of rotatable bonds is 8. The highest BCUT2D eigenvalue weighted by Gasteiger charge is 2.41. The Morgan fingerprint density at radius 2 is 1.78 bits per heavy atom. The number of likely N-dealkylation sites (N-methyl/N-ethyl adjacent to an activating group) is 1. The Morgan fingerprint density at radius 1 is 1.16 bits per heavy atom. The van der Waals surface area contributed by atoms with Crippen molar-refractivity contribution in [1.82, 2.24) is 0 Å². The van der Waals surface area contributed by atoms with Gasteiger partial charge in [0.1, 0.15) is 5.69 Å². The first kappa shape index (κ1) is 23.6. The molecule has 0 fully saturated rings. The van der Waals surface area contributed by atoms with Crippen LogP contribution in [0.1, 0.15) is 13.8 Å². The Bertz CT molecular complexity index is 1140. The molecule has 0 bridgehead atoms. The minimum Gasteiger partial charge on any atom is -0.748 e. The number of carbonyl (C=O) groups excluding carboxylic acids is 1. The van der Waals surface area contributed by atoms with Crippen molar-refractivity contribution in [3.63, 3.8) is 0 Å². The van der Waals surface area contributed by atoms with Gasteiger partial charge in [-0.3, -0.25) is 4.79 Å². The van der Waals surface area contributed by atoms with E-state index < -0.39 is 22.0 Å². The van der Waals surface area contributed by atoms with Gasteiger partial charge in [0.25, 0.3) is 0 Å². The standard InChI is InChI=1S/C22H26N4O5S/c1-4-25(14-20(27)15-32(29,30)31)18-12-10-17(11-13-18)23-21-16(2)24(3)26(22(21)28)19-8-6-5-7-9-19/h5-13,20,27H,4,14-15H2,1-3H3. The van der Waals surface area contributed by atoms with Gasteiger partial charge in [-0.25, -0.2) is 13.4 Å². The Balaban J connectivity index is 1.79. The van der Waals surface area contributed by atoms with Crippen LogP contribution in [-0.2, 0) is 14.9 Å². The third-order valence-electron chi connectivity index (χ3n) is 5.19. The number of amides is 1. The fourth-order valence-corrected chi connectivity index (χ4v) is 4.09. The second kappa shape index (κ2) is 9.60. The molecule has 1 aliphatic heterocycles. The lowest BCUT2D eigenvalue weighted by atomic mass is 10.2. The first-order chi connectivity index (χ1) is 15.1. The Hall–Kier alpha value is -3.08. The van der Waals surface area contributed by atoms with Gasteiger partial charge >= 0.3 is 5.91 Å². The fraction of sp³-hybridized carbons (Fsp3) is 0.318. The van der Waals surface area contributed by atoms with Crippen LogP contribution in [0.3, 0.4) is 0 Å². The Labute approximate surface area is 187 Å². The van der Waals surface area contributed by atoms with E-state index in [9.17, 15) is 22.9 Å². The first-order valence-electron chi connectivity index (χ1n) is 10.1. The summed E-state index contributed by atoms with van der Waals surface area (Å²) in [7, 11) is -2.70. The monoisotopic (exact) mass is 458 g/mol. The summed E-state index contributed by atoms with van der Waals surface area (Å²) < 4.78 is 34.3. The van der Waals surface area contributed by atoms with E-state index in [0.29, 0.717) is 17.9 Å². The minimum absolute atomic E-state index is 0.00797. The van der Waals surface area contributed by atoms with E-state index in [4.69, 9.17) is 0 Å². The summed E-state index contributed by atoms with van der Waals surface area (Å²) in [6, 6.07) is 16.3. The van der Waals surface area contributed by atoms with Crippen LogP contribution in [-0.4, -0.2) is 72.1 Å². The van der Waals surface area contributed by atoms with Crippen molar-refractivity contribution >= 4 is 44.5 Å². The molecule has 9 nitrogen and oxygen atoms in total. The zero-order chi connectivity index (χ0) is 23.5. The second-order valence-electron chi connectivity index (χ2n) is 7.46. The molecule has 2 aromatic carbocycles. The van der Waals surface area contributed by atoms with Crippen LogP contribution >= 0.6 is 0 Å². The summed E-state index contributed by atoms with van der Waals surface area (Å²) in [4.78, 5) is 19.3. The molecular formula is C22H26N4O5S. The van der Waals surface area contributed by atoms with Crippen LogP contribution in [0.25, 0.3) is 0 Å². The van der Waals surface area contributed by atoms with Crippen LogP contribution < -0.4 is 9.91 Å². The lowest BCUT2D eigenvalue weighted by Gasteiger charge is -2.26. The van der Waals surface area contributed by atoms with E-state index in [1.165, 1.54) is 0 Å². The molecule has 32 heavy (non-hydrogen) atoms. The van der Waals surface area contributed by atoms with E-state index >= 15 is 0 Å². The van der Waals surface area contributed by atoms with Crippen molar-refractivity contribution in [3.8, 4) is 0 Å². The molecular weight excluding hydrogens is 432 g/mol. The van der Waals surface area contributed by atoms with Crippen LogP contribution in [0.5, 0.6) is 0 Å². The zero-order valence-corrected chi connectivity index (χ0v) is 19.0. The molecule has 0 saturated carbocycles. The van der Waals surface area contributed by atoms with E-state index in [0.717, 1.165) is 17.1 Å². The number of nitrogens with zero attached hydrogens (tertiary/aromatic N) is 4. The number of benzene rings is 2. The van der Waals surface area contributed by atoms with Crippen LogP contribution in [0.15, 0.2) is 59.6 Å². The third kappa shape index (κ3) is 5.39. The van der Waals surface area contributed by atoms with Gasteiger partial charge in [-0.15, -0.1) is 4.68 Å². The molecule has 3 rings (SSSR count). The van der Waals surface area contributed by atoms with Gasteiger partial charge in [-0.05, 0) is 43.3 Å². The molecule has 0 spiro atoms. The summed E-state index contributed by atoms with van der Waals surface area (Å²) >= 11 is 0. The maximum absolute atomic E-state index is 13.0. The molecule has 170 valence electrons. The molecule has 1 unspecified atom stereocenters. The van der Waals surface area contributed by atoms with Gasteiger partial charge in [0, 0.05) is 25.7 Å². The molecule has 1 aliphatic rings. The molecule has 0 saturated heterocycles. The highest BCUT2D eigenvalue weighted by Crippen LogP contribution is 2.23. The van der Waals surface area contributed by atoms with Gasteiger partial charge < -0.3 is 14.6 Å². The molecule has 2 aromatic rings. The molecule has 0 aromatic heterocycles. The highest BCUT2D eigenvalue weighted by molar-refractivity contribution is 7.85. The van der Waals surface area contributed by atoms with Crippen molar-refractivity contribution in [2.24, 2.45) is 4.99 Å². The van der Waals surface area contributed by atoms with E-state index in [1.807, 2.05) is 44.2 Å². The number of anilines is 2. The molecule has 1 heterocycles. The second-order valence-corrected chi connectivity index (χ2v) is 8.90. The van der Waals surface area contributed by atoms with Gasteiger partial charge in [0.15, 0.2) is 7.05 Å². The van der Waals surface area contributed by atoms with Crippen LogP contribution in [0, 0.1) is 0 Å².